The number of carbonyl (C=O) groups is 1. The van der Waals surface area contributed by atoms with Crippen molar-refractivity contribution in [1.29, 1.82) is 0 Å². The molecule has 3 aromatic rings. The highest BCUT2D eigenvalue weighted by Crippen LogP contribution is 2.15. The number of esters is 1. The molecular weight excluding hydrogens is 322 g/mol. The van der Waals surface area contributed by atoms with Gasteiger partial charge in [0.2, 0.25) is 0 Å². The van der Waals surface area contributed by atoms with Crippen LogP contribution in [0.2, 0.25) is 0 Å². The van der Waals surface area contributed by atoms with Gasteiger partial charge in [-0.15, -0.1) is 0 Å². The summed E-state index contributed by atoms with van der Waals surface area (Å²) in [6.45, 7) is 5.50. The topological polar surface area (TPSA) is 86.7 Å². The Labute approximate surface area is 144 Å². The van der Waals surface area contributed by atoms with Gasteiger partial charge in [0.05, 0.1) is 11.4 Å². The fraction of sp³-hybridized carbons (Fsp3) is 0.333. The van der Waals surface area contributed by atoms with Gasteiger partial charge in [-0.05, 0) is 38.8 Å². The predicted molar refractivity (Wildman–Crippen MR) is 90.3 cm³/mol. The van der Waals surface area contributed by atoms with Crippen molar-refractivity contribution >= 4 is 11.6 Å². The number of hydrogen-bond acceptors (Lipinski definition) is 6. The van der Waals surface area contributed by atoms with Crippen LogP contribution in [0.4, 0.5) is 0 Å². The van der Waals surface area contributed by atoms with Gasteiger partial charge < -0.3 is 9.26 Å². The molecule has 0 saturated heterocycles. The van der Waals surface area contributed by atoms with Crippen molar-refractivity contribution in [3.05, 3.63) is 63.0 Å². The van der Waals surface area contributed by atoms with Crippen molar-refractivity contribution in [2.24, 2.45) is 0 Å². The Morgan fingerprint density at radius 3 is 2.84 bits per heavy atom. The second-order valence-corrected chi connectivity index (χ2v) is 5.93. The lowest BCUT2D eigenvalue weighted by Crippen LogP contribution is -2.17. The summed E-state index contributed by atoms with van der Waals surface area (Å²) in [6, 6.07) is 5.05. The van der Waals surface area contributed by atoms with Crippen molar-refractivity contribution in [3.63, 3.8) is 0 Å². The minimum Gasteiger partial charge on any atom is -0.459 e. The van der Waals surface area contributed by atoms with Crippen molar-refractivity contribution < 1.29 is 14.1 Å². The molecule has 130 valence electrons. The van der Waals surface area contributed by atoms with Crippen LogP contribution in [0.3, 0.4) is 0 Å². The number of carbonyl (C=O) groups excluding carboxylic acids is 1. The quantitative estimate of drug-likeness (QED) is 0.662. The Morgan fingerprint density at radius 2 is 2.12 bits per heavy atom. The van der Waals surface area contributed by atoms with Gasteiger partial charge in [0.25, 0.3) is 5.56 Å². The summed E-state index contributed by atoms with van der Waals surface area (Å²) >= 11 is 0. The fourth-order valence-electron chi connectivity index (χ4n) is 2.70. The van der Waals surface area contributed by atoms with Gasteiger partial charge in [0.15, 0.2) is 0 Å². The van der Waals surface area contributed by atoms with Crippen LogP contribution in [-0.4, -0.2) is 20.5 Å². The number of nitrogens with zero attached hydrogens (tertiary/aromatic N) is 3. The van der Waals surface area contributed by atoms with E-state index in [1.54, 1.807) is 12.3 Å². The molecule has 0 aliphatic heterocycles. The summed E-state index contributed by atoms with van der Waals surface area (Å²) < 4.78 is 11.8. The van der Waals surface area contributed by atoms with Crippen LogP contribution in [0, 0.1) is 20.8 Å². The first-order valence-electron chi connectivity index (χ1n) is 8.01. The molecule has 7 heteroatoms. The lowest BCUT2D eigenvalue weighted by Gasteiger charge is -2.07. The van der Waals surface area contributed by atoms with Crippen molar-refractivity contribution in [2.75, 3.05) is 0 Å². The van der Waals surface area contributed by atoms with Crippen LogP contribution in [0.25, 0.3) is 5.65 Å². The second-order valence-electron chi connectivity index (χ2n) is 5.93. The number of rotatable bonds is 5. The fourth-order valence-corrected chi connectivity index (χ4v) is 2.70. The Morgan fingerprint density at radius 1 is 1.32 bits per heavy atom. The van der Waals surface area contributed by atoms with E-state index in [-0.39, 0.29) is 24.6 Å². The van der Waals surface area contributed by atoms with E-state index in [1.165, 1.54) is 10.5 Å². The monoisotopic (exact) mass is 341 g/mol. The van der Waals surface area contributed by atoms with Crippen molar-refractivity contribution in [1.82, 2.24) is 14.5 Å². The molecule has 7 nitrogen and oxygen atoms in total. The van der Waals surface area contributed by atoms with Gasteiger partial charge in [0, 0.05) is 24.2 Å². The van der Waals surface area contributed by atoms with Crippen LogP contribution in [0.5, 0.6) is 0 Å². The summed E-state index contributed by atoms with van der Waals surface area (Å²) in [4.78, 5) is 28.5. The van der Waals surface area contributed by atoms with E-state index in [0.29, 0.717) is 23.5 Å². The molecule has 0 fully saturated rings. The van der Waals surface area contributed by atoms with Gasteiger partial charge >= 0.3 is 5.97 Å². The lowest BCUT2D eigenvalue weighted by atomic mass is 10.1. The number of pyridine rings is 1. The maximum absolute atomic E-state index is 12.1. The molecule has 0 amide bonds. The first-order valence-corrected chi connectivity index (χ1v) is 8.01. The highest BCUT2D eigenvalue weighted by Gasteiger charge is 2.13. The van der Waals surface area contributed by atoms with E-state index in [1.807, 2.05) is 26.8 Å². The molecule has 3 heterocycles. The third-order valence-electron chi connectivity index (χ3n) is 4.08. The highest BCUT2D eigenvalue weighted by molar-refractivity contribution is 5.69. The van der Waals surface area contributed by atoms with E-state index < -0.39 is 0 Å². The zero-order valence-corrected chi connectivity index (χ0v) is 14.4. The summed E-state index contributed by atoms with van der Waals surface area (Å²) in [5, 5.41) is 3.86. The van der Waals surface area contributed by atoms with Gasteiger partial charge in [-0.1, -0.05) is 11.2 Å². The van der Waals surface area contributed by atoms with Gasteiger partial charge in [-0.3, -0.25) is 14.0 Å². The molecule has 0 unspecified atom stereocenters. The molecule has 0 spiro atoms. The number of ether oxygens (including phenoxy) is 1. The number of aromatic nitrogens is 3. The normalized spacial score (nSPS) is 11.0. The average molecular weight is 341 g/mol. The van der Waals surface area contributed by atoms with Gasteiger partial charge in [0.1, 0.15) is 18.0 Å². The third kappa shape index (κ3) is 3.60. The van der Waals surface area contributed by atoms with E-state index in [9.17, 15) is 9.59 Å². The Kier molecular flexibility index (Phi) is 4.65. The van der Waals surface area contributed by atoms with Crippen molar-refractivity contribution in [3.8, 4) is 0 Å². The molecule has 0 saturated carbocycles. The van der Waals surface area contributed by atoms with Crippen LogP contribution in [0.15, 0.2) is 33.7 Å². The SMILES string of the molecule is Cc1noc(C)c1CCC(=O)OCc1cc(=O)n2cccc(C)c2n1. The predicted octanol–water partition coefficient (Wildman–Crippen LogP) is 2.28. The summed E-state index contributed by atoms with van der Waals surface area (Å²) in [5.41, 5.74) is 3.39. The molecular formula is C18H19N3O4. The number of hydrogen-bond donors (Lipinski definition) is 0. The molecule has 3 rings (SSSR count). The molecule has 0 radical (unpaired) electrons. The van der Waals surface area contributed by atoms with Gasteiger partial charge in [-0.25, -0.2) is 4.98 Å². The molecule has 0 aliphatic carbocycles. The summed E-state index contributed by atoms with van der Waals surface area (Å²) in [5.74, 6) is 0.358. The Hall–Kier alpha value is -2.96. The molecule has 25 heavy (non-hydrogen) atoms. The van der Waals surface area contributed by atoms with Gasteiger partial charge in [-0.2, -0.15) is 0 Å². The smallest absolute Gasteiger partial charge is 0.306 e. The van der Waals surface area contributed by atoms with E-state index in [0.717, 1.165) is 16.8 Å². The zero-order chi connectivity index (χ0) is 18.0. The Balaban J connectivity index is 1.65. The summed E-state index contributed by atoms with van der Waals surface area (Å²) in [6.07, 6.45) is 2.39. The summed E-state index contributed by atoms with van der Waals surface area (Å²) in [7, 11) is 0. The maximum Gasteiger partial charge on any atom is 0.306 e. The number of fused-ring (bicyclic) bond motifs is 1. The lowest BCUT2D eigenvalue weighted by molar-refractivity contribution is -0.145. The maximum atomic E-state index is 12.1. The van der Waals surface area contributed by atoms with Crippen molar-refractivity contribution in [2.45, 2.75) is 40.2 Å². The van der Waals surface area contributed by atoms with Crippen LogP contribution in [-0.2, 0) is 22.6 Å². The first-order chi connectivity index (χ1) is 12.0. The third-order valence-corrected chi connectivity index (χ3v) is 4.08. The standard InChI is InChI=1S/C18H19N3O4/c1-11-5-4-8-21-16(22)9-14(19-18(11)21)10-24-17(23)7-6-15-12(2)20-25-13(15)3/h4-5,8-9H,6-7,10H2,1-3H3. The molecule has 0 aliphatic rings. The van der Waals surface area contributed by atoms with Crippen LogP contribution in [0.1, 0.15) is 34.7 Å². The average Bonchev–Trinajstić information content (AvgIpc) is 2.90. The minimum absolute atomic E-state index is 0.0273. The second kappa shape index (κ2) is 6.88. The first kappa shape index (κ1) is 16.9. The van der Waals surface area contributed by atoms with E-state index in [4.69, 9.17) is 9.26 Å². The van der Waals surface area contributed by atoms with Crippen LogP contribution < -0.4 is 5.56 Å². The highest BCUT2D eigenvalue weighted by atomic mass is 16.5. The Bertz CT molecular complexity index is 968. The molecule has 3 aromatic heterocycles. The molecule has 0 aromatic carbocycles. The zero-order valence-electron chi connectivity index (χ0n) is 14.4. The molecule has 0 atom stereocenters. The number of aryl methyl sites for hydroxylation is 3. The van der Waals surface area contributed by atoms with E-state index >= 15 is 0 Å². The largest absolute Gasteiger partial charge is 0.459 e. The molecule has 0 N–H and O–H groups in total. The molecule has 0 bridgehead atoms. The minimum atomic E-state index is -0.355. The van der Waals surface area contributed by atoms with Crippen LogP contribution >= 0.6 is 0 Å². The van der Waals surface area contributed by atoms with E-state index in [2.05, 4.69) is 10.1 Å².